The molecule has 5 heteroatoms. The molecule has 0 aliphatic carbocycles. The lowest BCUT2D eigenvalue weighted by Crippen LogP contribution is -2.42. The number of nitrogens with zero attached hydrogens (tertiary/aromatic N) is 2. The average molecular weight is 357 g/mol. The lowest BCUT2D eigenvalue weighted by Gasteiger charge is -2.33. The number of rotatable bonds is 9. The molecular formula is C20H37FN2O2. The molecule has 3 rings (SSSR count). The van der Waals surface area contributed by atoms with Gasteiger partial charge in [0.25, 0.3) is 0 Å². The van der Waals surface area contributed by atoms with Crippen LogP contribution in [0.3, 0.4) is 0 Å². The molecule has 3 fully saturated rings. The van der Waals surface area contributed by atoms with Crippen molar-refractivity contribution in [1.82, 2.24) is 9.80 Å². The zero-order chi connectivity index (χ0) is 17.7. The summed E-state index contributed by atoms with van der Waals surface area (Å²) in [5, 5.41) is 0. The van der Waals surface area contributed by atoms with Crippen molar-refractivity contribution < 1.29 is 13.9 Å². The van der Waals surface area contributed by atoms with Gasteiger partial charge in [0, 0.05) is 31.7 Å². The standard InChI is InChI=1S/C20H37FN2O2/c1-17(2)25-13-11-22-9-4-18(5-10-22)6-12-24-16-20-7-3-8-23(20)15-19(21)14-20/h17-19H,3-16H2,1-2H3. The van der Waals surface area contributed by atoms with Gasteiger partial charge in [-0.15, -0.1) is 0 Å². The highest BCUT2D eigenvalue weighted by atomic mass is 19.1. The molecule has 0 aromatic rings. The van der Waals surface area contributed by atoms with Crippen LogP contribution in [0.15, 0.2) is 0 Å². The van der Waals surface area contributed by atoms with Gasteiger partial charge in [-0.25, -0.2) is 4.39 Å². The van der Waals surface area contributed by atoms with Crippen molar-refractivity contribution in [2.45, 2.75) is 70.2 Å². The molecule has 2 unspecified atom stereocenters. The average Bonchev–Trinajstić information content (AvgIpc) is 3.08. The summed E-state index contributed by atoms with van der Waals surface area (Å²) in [6.07, 6.45) is 6.39. The zero-order valence-corrected chi connectivity index (χ0v) is 16.2. The van der Waals surface area contributed by atoms with Gasteiger partial charge in [-0.3, -0.25) is 4.90 Å². The highest BCUT2D eigenvalue weighted by Crippen LogP contribution is 2.40. The molecule has 3 heterocycles. The van der Waals surface area contributed by atoms with Crippen LogP contribution in [0.5, 0.6) is 0 Å². The summed E-state index contributed by atoms with van der Waals surface area (Å²) in [6.45, 7) is 11.7. The van der Waals surface area contributed by atoms with Crippen LogP contribution >= 0.6 is 0 Å². The third-order valence-electron chi connectivity index (χ3n) is 6.37. The van der Waals surface area contributed by atoms with E-state index in [4.69, 9.17) is 9.47 Å². The van der Waals surface area contributed by atoms with Gasteiger partial charge in [-0.05, 0) is 71.5 Å². The largest absolute Gasteiger partial charge is 0.380 e. The molecule has 3 aliphatic heterocycles. The number of ether oxygens (including phenoxy) is 2. The van der Waals surface area contributed by atoms with Crippen molar-refractivity contribution in [2.75, 3.05) is 52.5 Å². The molecule has 2 atom stereocenters. The Hall–Kier alpha value is -0.230. The van der Waals surface area contributed by atoms with Gasteiger partial charge < -0.3 is 14.4 Å². The minimum Gasteiger partial charge on any atom is -0.380 e. The third kappa shape index (κ3) is 5.38. The zero-order valence-electron chi connectivity index (χ0n) is 16.2. The number of halogens is 1. The highest BCUT2D eigenvalue weighted by Gasteiger charge is 2.48. The van der Waals surface area contributed by atoms with Crippen LogP contribution in [0.1, 0.15) is 52.4 Å². The lowest BCUT2D eigenvalue weighted by atomic mass is 9.93. The molecule has 0 spiro atoms. The van der Waals surface area contributed by atoms with Gasteiger partial charge in [0.05, 0.1) is 19.3 Å². The fourth-order valence-electron chi connectivity index (χ4n) is 4.88. The smallest absolute Gasteiger partial charge is 0.115 e. The Labute approximate surface area is 153 Å². The van der Waals surface area contributed by atoms with Gasteiger partial charge in [0.1, 0.15) is 6.17 Å². The second-order valence-corrected chi connectivity index (χ2v) is 8.62. The summed E-state index contributed by atoms with van der Waals surface area (Å²) in [5.74, 6) is 0.789. The maximum atomic E-state index is 13.7. The number of fused-ring (bicyclic) bond motifs is 1. The quantitative estimate of drug-likeness (QED) is 0.593. The maximum absolute atomic E-state index is 13.7. The van der Waals surface area contributed by atoms with Crippen LogP contribution in [0.25, 0.3) is 0 Å². The van der Waals surface area contributed by atoms with Crippen molar-refractivity contribution >= 4 is 0 Å². The second kappa shape index (κ2) is 9.12. The number of hydrogen-bond donors (Lipinski definition) is 0. The summed E-state index contributed by atoms with van der Waals surface area (Å²) < 4.78 is 25.4. The second-order valence-electron chi connectivity index (χ2n) is 8.62. The molecule has 146 valence electrons. The van der Waals surface area contributed by atoms with E-state index in [1.54, 1.807) is 0 Å². The Kier molecular flexibility index (Phi) is 7.12. The van der Waals surface area contributed by atoms with Gasteiger partial charge >= 0.3 is 0 Å². The van der Waals surface area contributed by atoms with Gasteiger partial charge in [-0.1, -0.05) is 0 Å². The van der Waals surface area contributed by atoms with Crippen LogP contribution in [-0.4, -0.2) is 80.2 Å². The number of alkyl halides is 1. The number of hydrogen-bond acceptors (Lipinski definition) is 4. The van der Waals surface area contributed by atoms with Crippen LogP contribution in [0, 0.1) is 5.92 Å². The number of likely N-dealkylation sites (tertiary alicyclic amines) is 1. The van der Waals surface area contributed by atoms with Gasteiger partial charge in [0.2, 0.25) is 0 Å². The maximum Gasteiger partial charge on any atom is 0.115 e. The highest BCUT2D eigenvalue weighted by molar-refractivity contribution is 5.03. The first kappa shape index (κ1) is 19.5. The van der Waals surface area contributed by atoms with Crippen LogP contribution < -0.4 is 0 Å². The first-order chi connectivity index (χ1) is 12.1. The van der Waals surface area contributed by atoms with Crippen LogP contribution in [0.2, 0.25) is 0 Å². The topological polar surface area (TPSA) is 24.9 Å². The van der Waals surface area contributed by atoms with E-state index in [1.807, 2.05) is 0 Å². The Morgan fingerprint density at radius 2 is 1.96 bits per heavy atom. The van der Waals surface area contributed by atoms with Crippen LogP contribution in [0.4, 0.5) is 4.39 Å². The Morgan fingerprint density at radius 1 is 1.16 bits per heavy atom. The fraction of sp³-hybridized carbons (Fsp3) is 1.00. The van der Waals surface area contributed by atoms with E-state index in [2.05, 4.69) is 23.6 Å². The van der Waals surface area contributed by atoms with E-state index in [9.17, 15) is 4.39 Å². The molecule has 0 N–H and O–H groups in total. The van der Waals surface area contributed by atoms with Crippen molar-refractivity contribution in [1.29, 1.82) is 0 Å². The number of piperidine rings is 1. The predicted molar refractivity (Wildman–Crippen MR) is 98.7 cm³/mol. The van der Waals surface area contributed by atoms with E-state index in [0.717, 1.165) is 51.7 Å². The molecule has 0 aromatic heterocycles. The molecule has 25 heavy (non-hydrogen) atoms. The molecular weight excluding hydrogens is 319 g/mol. The van der Waals surface area contributed by atoms with Crippen LogP contribution in [-0.2, 0) is 9.47 Å². The SMILES string of the molecule is CC(C)OCCN1CCC(CCOCC23CCCN2CC(F)C3)CC1. The fourth-order valence-corrected chi connectivity index (χ4v) is 4.88. The molecule has 0 bridgehead atoms. The first-order valence-corrected chi connectivity index (χ1v) is 10.4. The van der Waals surface area contributed by atoms with E-state index in [-0.39, 0.29) is 5.54 Å². The van der Waals surface area contributed by atoms with Crippen molar-refractivity contribution in [3.63, 3.8) is 0 Å². The van der Waals surface area contributed by atoms with Crippen molar-refractivity contribution in [2.24, 2.45) is 5.92 Å². The summed E-state index contributed by atoms with van der Waals surface area (Å²) in [4.78, 5) is 4.87. The Bertz CT molecular complexity index is 401. The van der Waals surface area contributed by atoms with E-state index >= 15 is 0 Å². The summed E-state index contributed by atoms with van der Waals surface area (Å²) >= 11 is 0. The normalized spacial score (nSPS) is 31.9. The molecule has 0 saturated carbocycles. The summed E-state index contributed by atoms with van der Waals surface area (Å²) in [5.41, 5.74) is 0.0270. The molecule has 3 aliphatic rings. The summed E-state index contributed by atoms with van der Waals surface area (Å²) in [7, 11) is 0. The van der Waals surface area contributed by atoms with E-state index in [1.165, 1.54) is 32.4 Å². The minimum atomic E-state index is -0.645. The molecule has 0 radical (unpaired) electrons. The molecule has 0 amide bonds. The van der Waals surface area contributed by atoms with Gasteiger partial charge in [-0.2, -0.15) is 0 Å². The molecule has 4 nitrogen and oxygen atoms in total. The Balaban J connectivity index is 1.27. The molecule has 0 aromatic carbocycles. The minimum absolute atomic E-state index is 0.0270. The van der Waals surface area contributed by atoms with Crippen molar-refractivity contribution in [3.8, 4) is 0 Å². The van der Waals surface area contributed by atoms with E-state index < -0.39 is 6.17 Å². The summed E-state index contributed by atoms with van der Waals surface area (Å²) in [6, 6.07) is 0. The van der Waals surface area contributed by atoms with Gasteiger partial charge in [0.15, 0.2) is 0 Å². The van der Waals surface area contributed by atoms with E-state index in [0.29, 0.717) is 19.1 Å². The van der Waals surface area contributed by atoms with Crippen molar-refractivity contribution in [3.05, 3.63) is 0 Å². The predicted octanol–water partition coefficient (Wildman–Crippen LogP) is 3.11. The third-order valence-corrected chi connectivity index (χ3v) is 6.37. The first-order valence-electron chi connectivity index (χ1n) is 10.4. The Morgan fingerprint density at radius 3 is 2.72 bits per heavy atom. The molecule has 3 saturated heterocycles. The monoisotopic (exact) mass is 356 g/mol. The lowest BCUT2D eigenvalue weighted by molar-refractivity contribution is 0.0224.